The van der Waals surface area contributed by atoms with Crippen molar-refractivity contribution in [3.05, 3.63) is 89.7 Å². The summed E-state index contributed by atoms with van der Waals surface area (Å²) in [6.07, 6.45) is 1.61. The van der Waals surface area contributed by atoms with Crippen LogP contribution in [-0.4, -0.2) is 23.5 Å². The zero-order valence-electron chi connectivity index (χ0n) is 15.5. The van der Waals surface area contributed by atoms with Gasteiger partial charge in [-0.2, -0.15) is 0 Å². The van der Waals surface area contributed by atoms with Gasteiger partial charge in [-0.05, 0) is 36.8 Å². The fourth-order valence-corrected chi connectivity index (χ4v) is 2.60. The number of nitrogens with zero attached hydrogens (tertiary/aromatic N) is 1. The van der Waals surface area contributed by atoms with Crippen LogP contribution in [0.1, 0.15) is 33.3 Å². The minimum absolute atomic E-state index is 0.254. The van der Waals surface area contributed by atoms with Crippen molar-refractivity contribution in [2.75, 3.05) is 17.2 Å². The van der Waals surface area contributed by atoms with Gasteiger partial charge >= 0.3 is 5.97 Å². The Hall–Kier alpha value is -3.67. The summed E-state index contributed by atoms with van der Waals surface area (Å²) in [4.78, 5) is 28.7. The lowest BCUT2D eigenvalue weighted by molar-refractivity contribution is 0.0527. The fraction of sp³-hybridized carbons (Fsp3) is 0.136. The second-order valence-electron chi connectivity index (χ2n) is 5.99. The molecule has 3 aromatic rings. The minimum atomic E-state index is -0.480. The predicted molar refractivity (Wildman–Crippen MR) is 108 cm³/mol. The second kappa shape index (κ2) is 9.32. The Bertz CT molecular complexity index is 941. The number of para-hydroxylation sites is 1. The van der Waals surface area contributed by atoms with E-state index in [2.05, 4.69) is 15.6 Å². The molecule has 6 heteroatoms. The van der Waals surface area contributed by atoms with Gasteiger partial charge in [0.2, 0.25) is 0 Å². The fourth-order valence-electron chi connectivity index (χ4n) is 2.60. The standard InChI is InChI=1S/C22H21N3O3/c1-2-28-22(27)18-10-6-7-11-19(18)25-21(26)20-13-12-17(15-24-20)23-14-16-8-4-3-5-9-16/h3-13,15,23H,2,14H2,1H3,(H,25,26). The number of esters is 1. The molecule has 2 aromatic carbocycles. The molecule has 6 nitrogen and oxygen atoms in total. The molecule has 0 radical (unpaired) electrons. The number of anilines is 2. The zero-order valence-corrected chi connectivity index (χ0v) is 15.5. The first-order chi connectivity index (χ1) is 13.7. The van der Waals surface area contributed by atoms with Crippen LogP contribution in [-0.2, 0) is 11.3 Å². The number of ether oxygens (including phenoxy) is 1. The molecule has 0 unspecified atom stereocenters. The minimum Gasteiger partial charge on any atom is -0.462 e. The van der Waals surface area contributed by atoms with Gasteiger partial charge in [0.1, 0.15) is 5.69 Å². The highest BCUT2D eigenvalue weighted by molar-refractivity contribution is 6.07. The lowest BCUT2D eigenvalue weighted by atomic mass is 10.1. The van der Waals surface area contributed by atoms with Crippen LogP contribution in [0.4, 0.5) is 11.4 Å². The van der Waals surface area contributed by atoms with E-state index in [0.29, 0.717) is 17.8 Å². The normalized spacial score (nSPS) is 10.2. The van der Waals surface area contributed by atoms with Crippen LogP contribution in [0.25, 0.3) is 0 Å². The number of benzene rings is 2. The van der Waals surface area contributed by atoms with Crippen molar-refractivity contribution in [3.63, 3.8) is 0 Å². The average molecular weight is 375 g/mol. The van der Waals surface area contributed by atoms with E-state index in [1.54, 1.807) is 49.5 Å². The van der Waals surface area contributed by atoms with Crippen LogP contribution in [0.3, 0.4) is 0 Å². The maximum Gasteiger partial charge on any atom is 0.340 e. The molecule has 0 saturated heterocycles. The van der Waals surface area contributed by atoms with Crippen LogP contribution in [0.15, 0.2) is 72.9 Å². The van der Waals surface area contributed by atoms with Crippen LogP contribution in [0.2, 0.25) is 0 Å². The van der Waals surface area contributed by atoms with E-state index in [9.17, 15) is 9.59 Å². The number of hydrogen-bond donors (Lipinski definition) is 2. The van der Waals surface area contributed by atoms with Crippen molar-refractivity contribution in [1.82, 2.24) is 4.98 Å². The lowest BCUT2D eigenvalue weighted by Gasteiger charge is -2.10. The van der Waals surface area contributed by atoms with E-state index in [1.165, 1.54) is 0 Å². The number of amides is 1. The number of nitrogens with one attached hydrogen (secondary N) is 2. The van der Waals surface area contributed by atoms with Crippen molar-refractivity contribution in [2.45, 2.75) is 13.5 Å². The Morgan fingerprint density at radius 3 is 2.43 bits per heavy atom. The quantitative estimate of drug-likeness (QED) is 0.607. The number of carbonyl (C=O) groups is 2. The number of aromatic nitrogens is 1. The summed E-state index contributed by atoms with van der Waals surface area (Å²) in [5.41, 5.74) is 2.91. The molecule has 28 heavy (non-hydrogen) atoms. The average Bonchev–Trinajstić information content (AvgIpc) is 2.74. The molecule has 0 aliphatic rings. The van der Waals surface area contributed by atoms with Gasteiger partial charge in [-0.3, -0.25) is 4.79 Å². The van der Waals surface area contributed by atoms with Crippen molar-refractivity contribution >= 4 is 23.3 Å². The SMILES string of the molecule is CCOC(=O)c1ccccc1NC(=O)c1ccc(NCc2ccccc2)cn1. The number of rotatable bonds is 7. The van der Waals surface area contributed by atoms with Gasteiger partial charge in [-0.15, -0.1) is 0 Å². The Labute approximate surface area is 163 Å². The summed E-state index contributed by atoms with van der Waals surface area (Å²) >= 11 is 0. The van der Waals surface area contributed by atoms with E-state index in [1.807, 2.05) is 30.3 Å². The number of carbonyl (C=O) groups excluding carboxylic acids is 2. The summed E-state index contributed by atoms with van der Waals surface area (Å²) in [6, 6.07) is 20.1. The molecule has 0 saturated carbocycles. The zero-order chi connectivity index (χ0) is 19.8. The first-order valence-electron chi connectivity index (χ1n) is 8.98. The molecule has 142 valence electrons. The first-order valence-corrected chi connectivity index (χ1v) is 8.98. The molecule has 3 rings (SSSR count). The molecular formula is C22H21N3O3. The number of pyridine rings is 1. The summed E-state index contributed by atoms with van der Waals surface area (Å²) < 4.78 is 5.02. The topological polar surface area (TPSA) is 80.3 Å². The first kappa shape index (κ1) is 19.1. The van der Waals surface area contributed by atoms with Gasteiger partial charge in [-0.1, -0.05) is 42.5 Å². The molecule has 1 amide bonds. The van der Waals surface area contributed by atoms with Crippen LogP contribution in [0, 0.1) is 0 Å². The summed E-state index contributed by atoms with van der Waals surface area (Å²) in [5.74, 6) is -0.877. The van der Waals surface area contributed by atoms with Crippen molar-refractivity contribution in [2.24, 2.45) is 0 Å². The van der Waals surface area contributed by atoms with Gasteiger partial charge in [0, 0.05) is 6.54 Å². The third-order valence-electron chi connectivity index (χ3n) is 4.01. The van der Waals surface area contributed by atoms with Gasteiger partial charge in [0.25, 0.3) is 5.91 Å². The van der Waals surface area contributed by atoms with Crippen molar-refractivity contribution in [1.29, 1.82) is 0 Å². The third kappa shape index (κ3) is 4.94. The molecule has 0 bridgehead atoms. The molecular weight excluding hydrogens is 354 g/mol. The van der Waals surface area contributed by atoms with Crippen LogP contribution in [0.5, 0.6) is 0 Å². The molecule has 2 N–H and O–H groups in total. The van der Waals surface area contributed by atoms with Crippen molar-refractivity contribution in [3.8, 4) is 0 Å². The largest absolute Gasteiger partial charge is 0.462 e. The highest BCUT2D eigenvalue weighted by Crippen LogP contribution is 2.17. The van der Waals surface area contributed by atoms with Crippen molar-refractivity contribution < 1.29 is 14.3 Å². The summed E-state index contributed by atoms with van der Waals surface area (Å²) in [7, 11) is 0. The van der Waals surface area contributed by atoms with E-state index in [0.717, 1.165) is 11.3 Å². The highest BCUT2D eigenvalue weighted by atomic mass is 16.5. The van der Waals surface area contributed by atoms with Gasteiger partial charge in [0.05, 0.1) is 29.7 Å². The van der Waals surface area contributed by atoms with Gasteiger partial charge in [0.15, 0.2) is 0 Å². The Kier molecular flexibility index (Phi) is 6.36. The van der Waals surface area contributed by atoms with E-state index >= 15 is 0 Å². The maximum absolute atomic E-state index is 12.5. The highest BCUT2D eigenvalue weighted by Gasteiger charge is 2.15. The Morgan fingerprint density at radius 2 is 1.71 bits per heavy atom. The monoisotopic (exact) mass is 375 g/mol. The molecule has 0 atom stereocenters. The molecule has 0 fully saturated rings. The van der Waals surface area contributed by atoms with Gasteiger partial charge in [-0.25, -0.2) is 9.78 Å². The number of hydrogen-bond acceptors (Lipinski definition) is 5. The third-order valence-corrected chi connectivity index (χ3v) is 4.01. The summed E-state index contributed by atoms with van der Waals surface area (Å²) in [5, 5.41) is 5.98. The molecule has 0 aliphatic carbocycles. The van der Waals surface area contributed by atoms with Crippen LogP contribution >= 0.6 is 0 Å². The Balaban J connectivity index is 1.65. The van der Waals surface area contributed by atoms with E-state index in [-0.39, 0.29) is 12.3 Å². The summed E-state index contributed by atoms with van der Waals surface area (Å²) in [6.45, 7) is 2.66. The Morgan fingerprint density at radius 1 is 0.964 bits per heavy atom. The van der Waals surface area contributed by atoms with E-state index < -0.39 is 11.9 Å². The van der Waals surface area contributed by atoms with Gasteiger partial charge < -0.3 is 15.4 Å². The van der Waals surface area contributed by atoms with E-state index in [4.69, 9.17) is 4.74 Å². The molecule has 1 aromatic heterocycles. The second-order valence-corrected chi connectivity index (χ2v) is 5.99. The molecule has 0 aliphatic heterocycles. The molecule has 0 spiro atoms. The lowest BCUT2D eigenvalue weighted by Crippen LogP contribution is -2.17. The molecule has 1 heterocycles. The maximum atomic E-state index is 12.5. The van der Waals surface area contributed by atoms with Crippen LogP contribution < -0.4 is 10.6 Å². The smallest absolute Gasteiger partial charge is 0.340 e. The predicted octanol–water partition coefficient (Wildman–Crippen LogP) is 4.12.